The van der Waals surface area contributed by atoms with Crippen LogP contribution >= 0.6 is 22.9 Å². The summed E-state index contributed by atoms with van der Waals surface area (Å²) in [6, 6.07) is 12.3. The maximum absolute atomic E-state index is 5.94. The van der Waals surface area contributed by atoms with Crippen LogP contribution in [-0.2, 0) is 0 Å². The average molecular weight is 313 g/mol. The number of hydrogen-bond acceptors (Lipinski definition) is 2. The second-order valence-electron chi connectivity index (χ2n) is 5.29. The highest BCUT2D eigenvalue weighted by Crippen LogP contribution is 2.31. The van der Waals surface area contributed by atoms with Gasteiger partial charge in [-0.25, -0.2) is 4.98 Å². The molecular weight excluding hydrogens is 300 g/mol. The first kappa shape index (κ1) is 12.9. The van der Waals surface area contributed by atoms with E-state index in [1.54, 1.807) is 11.3 Å². The highest BCUT2D eigenvalue weighted by molar-refractivity contribution is 7.23. The van der Waals surface area contributed by atoms with Crippen LogP contribution in [0.15, 0.2) is 42.6 Å². The summed E-state index contributed by atoms with van der Waals surface area (Å²) in [5.74, 6) is 0. The number of aromatic nitrogens is 2. The summed E-state index contributed by atoms with van der Waals surface area (Å²) in [6.45, 7) is 4.30. The van der Waals surface area contributed by atoms with Gasteiger partial charge < -0.3 is 0 Å². The molecule has 0 aliphatic heterocycles. The van der Waals surface area contributed by atoms with E-state index in [-0.39, 0.29) is 0 Å². The Labute approximate surface area is 131 Å². The summed E-state index contributed by atoms with van der Waals surface area (Å²) in [7, 11) is 0. The average Bonchev–Trinajstić information content (AvgIpc) is 2.99. The van der Waals surface area contributed by atoms with Crippen LogP contribution in [0.3, 0.4) is 0 Å². The first-order valence-corrected chi connectivity index (χ1v) is 7.96. The lowest BCUT2D eigenvalue weighted by Gasteiger charge is -2.00. The van der Waals surface area contributed by atoms with Crippen molar-refractivity contribution in [1.29, 1.82) is 0 Å². The molecule has 0 unspecified atom stereocenters. The van der Waals surface area contributed by atoms with Crippen LogP contribution in [0.2, 0.25) is 5.02 Å². The van der Waals surface area contributed by atoms with Crippen LogP contribution < -0.4 is 0 Å². The van der Waals surface area contributed by atoms with Gasteiger partial charge in [-0.3, -0.25) is 4.40 Å². The predicted molar refractivity (Wildman–Crippen MR) is 90.5 cm³/mol. The fourth-order valence-corrected chi connectivity index (χ4v) is 3.72. The Morgan fingerprint density at radius 3 is 2.52 bits per heavy atom. The van der Waals surface area contributed by atoms with E-state index in [9.17, 15) is 0 Å². The summed E-state index contributed by atoms with van der Waals surface area (Å²) in [4.78, 5) is 5.78. The topological polar surface area (TPSA) is 17.3 Å². The highest BCUT2D eigenvalue weighted by atomic mass is 35.5. The summed E-state index contributed by atoms with van der Waals surface area (Å²) in [5.41, 5.74) is 5.94. The van der Waals surface area contributed by atoms with Crippen molar-refractivity contribution in [3.05, 3.63) is 58.7 Å². The lowest BCUT2D eigenvalue weighted by molar-refractivity contribution is 1.28. The van der Waals surface area contributed by atoms with Gasteiger partial charge in [0.2, 0.25) is 0 Å². The van der Waals surface area contributed by atoms with Crippen LogP contribution in [0.25, 0.3) is 26.4 Å². The lowest BCUT2D eigenvalue weighted by atomic mass is 10.1. The molecule has 0 spiro atoms. The van der Waals surface area contributed by atoms with Gasteiger partial charge >= 0.3 is 0 Å². The molecule has 4 rings (SSSR count). The van der Waals surface area contributed by atoms with Gasteiger partial charge in [-0.05, 0) is 49.2 Å². The van der Waals surface area contributed by atoms with Crippen LogP contribution in [-0.4, -0.2) is 9.38 Å². The van der Waals surface area contributed by atoms with E-state index in [0.717, 1.165) is 21.2 Å². The van der Waals surface area contributed by atoms with E-state index in [4.69, 9.17) is 16.6 Å². The zero-order valence-electron chi connectivity index (χ0n) is 11.7. The molecule has 0 N–H and O–H groups in total. The van der Waals surface area contributed by atoms with Gasteiger partial charge in [-0.15, -0.1) is 0 Å². The van der Waals surface area contributed by atoms with Crippen molar-refractivity contribution in [3.8, 4) is 11.3 Å². The molecule has 104 valence electrons. The molecule has 2 nitrogen and oxygen atoms in total. The molecule has 0 saturated carbocycles. The first-order chi connectivity index (χ1) is 10.1. The second kappa shape index (κ2) is 4.58. The molecule has 0 bridgehead atoms. The number of halogens is 1. The number of imidazole rings is 1. The van der Waals surface area contributed by atoms with Gasteiger partial charge in [0.1, 0.15) is 0 Å². The Bertz CT molecular complexity index is 964. The van der Waals surface area contributed by atoms with Crippen LogP contribution in [0, 0.1) is 13.8 Å². The summed E-state index contributed by atoms with van der Waals surface area (Å²) in [5, 5.41) is 0.747. The van der Waals surface area contributed by atoms with Gasteiger partial charge in [0.25, 0.3) is 0 Å². The van der Waals surface area contributed by atoms with Crippen molar-refractivity contribution in [1.82, 2.24) is 9.38 Å². The molecule has 21 heavy (non-hydrogen) atoms. The minimum Gasteiger partial charge on any atom is -0.290 e. The second-order valence-corrected chi connectivity index (χ2v) is 6.74. The van der Waals surface area contributed by atoms with Gasteiger partial charge in [0.15, 0.2) is 4.96 Å². The molecule has 2 aromatic heterocycles. The molecule has 2 heterocycles. The third-order valence-electron chi connectivity index (χ3n) is 3.85. The minimum atomic E-state index is 0.747. The summed E-state index contributed by atoms with van der Waals surface area (Å²) < 4.78 is 3.46. The molecule has 0 atom stereocenters. The number of hydrogen-bond donors (Lipinski definition) is 0. The third-order valence-corrected chi connectivity index (χ3v) is 5.12. The Morgan fingerprint density at radius 2 is 1.76 bits per heavy atom. The molecule has 4 heteroatoms. The molecule has 0 saturated heterocycles. The number of aryl methyl sites for hydroxylation is 2. The largest absolute Gasteiger partial charge is 0.290 e. The summed E-state index contributed by atoms with van der Waals surface area (Å²) in [6.07, 6.45) is 2.10. The van der Waals surface area contributed by atoms with Crippen LogP contribution in [0.4, 0.5) is 0 Å². The molecule has 4 aromatic rings. The number of nitrogens with zero attached hydrogens (tertiary/aromatic N) is 2. The zero-order valence-corrected chi connectivity index (χ0v) is 13.3. The normalized spacial score (nSPS) is 11.6. The molecule has 2 aromatic carbocycles. The molecule has 0 radical (unpaired) electrons. The molecule has 0 fully saturated rings. The summed E-state index contributed by atoms with van der Waals surface area (Å²) >= 11 is 7.67. The third kappa shape index (κ3) is 2.04. The van der Waals surface area contributed by atoms with Crippen molar-refractivity contribution in [2.24, 2.45) is 0 Å². The molecular formula is C17H13ClN2S. The van der Waals surface area contributed by atoms with Crippen molar-refractivity contribution in [2.45, 2.75) is 13.8 Å². The molecule has 0 amide bonds. The van der Waals surface area contributed by atoms with Gasteiger partial charge in [0.05, 0.1) is 15.9 Å². The number of benzene rings is 2. The number of rotatable bonds is 1. The Hall–Kier alpha value is -1.84. The van der Waals surface area contributed by atoms with Crippen molar-refractivity contribution >= 4 is 38.1 Å². The monoisotopic (exact) mass is 312 g/mol. The Kier molecular flexibility index (Phi) is 2.81. The van der Waals surface area contributed by atoms with E-state index in [1.807, 2.05) is 24.3 Å². The minimum absolute atomic E-state index is 0.747. The van der Waals surface area contributed by atoms with Gasteiger partial charge in [-0.2, -0.15) is 0 Å². The van der Waals surface area contributed by atoms with Crippen molar-refractivity contribution < 1.29 is 0 Å². The Morgan fingerprint density at radius 1 is 1.05 bits per heavy atom. The fraction of sp³-hybridized carbons (Fsp3) is 0.118. The fourth-order valence-electron chi connectivity index (χ4n) is 2.51. The highest BCUT2D eigenvalue weighted by Gasteiger charge is 2.11. The Balaban J connectivity index is 1.94. The number of fused-ring (bicyclic) bond motifs is 3. The van der Waals surface area contributed by atoms with Crippen LogP contribution in [0.1, 0.15) is 11.1 Å². The maximum atomic E-state index is 5.94. The van der Waals surface area contributed by atoms with Gasteiger partial charge in [0, 0.05) is 16.8 Å². The standard InChI is InChI=1S/C17H13ClN2S/c1-10-7-15-16(8-11(10)2)21-17-19-14(9-20(15)17)12-3-5-13(18)6-4-12/h3-9H,1-2H3. The van der Waals surface area contributed by atoms with E-state index in [2.05, 4.69) is 36.6 Å². The SMILES string of the molecule is Cc1cc2sc3nc(-c4ccc(Cl)cc4)cn3c2cc1C. The van der Waals surface area contributed by atoms with E-state index < -0.39 is 0 Å². The zero-order chi connectivity index (χ0) is 14.6. The lowest BCUT2D eigenvalue weighted by Crippen LogP contribution is -1.82. The molecule has 0 aliphatic rings. The van der Waals surface area contributed by atoms with E-state index in [0.29, 0.717) is 0 Å². The predicted octanol–water partition coefficient (Wildman–Crippen LogP) is 5.49. The van der Waals surface area contributed by atoms with Crippen LogP contribution in [0.5, 0.6) is 0 Å². The quantitative estimate of drug-likeness (QED) is 0.454. The maximum Gasteiger partial charge on any atom is 0.195 e. The first-order valence-electron chi connectivity index (χ1n) is 6.76. The van der Waals surface area contributed by atoms with E-state index >= 15 is 0 Å². The number of thiazole rings is 1. The van der Waals surface area contributed by atoms with E-state index in [1.165, 1.54) is 21.3 Å². The smallest absolute Gasteiger partial charge is 0.195 e. The van der Waals surface area contributed by atoms with Crippen molar-refractivity contribution in [2.75, 3.05) is 0 Å². The van der Waals surface area contributed by atoms with Gasteiger partial charge in [-0.1, -0.05) is 35.1 Å². The molecule has 0 aliphatic carbocycles. The van der Waals surface area contributed by atoms with Crippen molar-refractivity contribution in [3.63, 3.8) is 0 Å².